The van der Waals surface area contributed by atoms with Gasteiger partial charge in [0, 0.05) is 71.5 Å². The van der Waals surface area contributed by atoms with Crippen molar-refractivity contribution in [3.05, 3.63) is 152 Å². The number of benzene rings is 6. The highest BCUT2D eigenvalue weighted by atomic mass is 35.5. The number of aliphatic hydroxyl groups excluding tert-OH is 6. The maximum absolute atomic E-state index is 16.3. The molecule has 36 heteroatoms. The van der Waals surface area contributed by atoms with Crippen molar-refractivity contribution in [1.82, 2.24) is 26.6 Å². The third-order valence-electron chi connectivity index (χ3n) is 21.1. The quantitative estimate of drug-likeness (QED) is 0.0416. The van der Waals surface area contributed by atoms with Crippen LogP contribution in [-0.2, 0) is 73.4 Å². The van der Waals surface area contributed by atoms with Gasteiger partial charge in [-0.15, -0.1) is 0 Å². The molecular weight excluding hydrogens is 1580 g/mol. The van der Waals surface area contributed by atoms with Crippen LogP contribution in [0.2, 0.25) is 15.1 Å². The number of phenolic OH excluding ortho intramolecular Hbond substituents is 3. The van der Waals surface area contributed by atoms with Crippen LogP contribution in [0, 0.1) is 17.8 Å². The van der Waals surface area contributed by atoms with E-state index < -0.39 is 261 Å². The molecule has 19 atom stereocenters. The molecule has 33 nitrogen and oxygen atoms in total. The molecule has 5 amide bonds. The number of esters is 1. The number of ether oxygens (including phenoxy) is 8. The van der Waals surface area contributed by atoms with Crippen molar-refractivity contribution in [3.8, 4) is 57.1 Å². The zero-order chi connectivity index (χ0) is 84.2. The fourth-order valence-corrected chi connectivity index (χ4v) is 15.4. The first-order valence-corrected chi connectivity index (χ1v) is 38.2. The van der Waals surface area contributed by atoms with Crippen LogP contribution in [0.25, 0.3) is 11.1 Å². The smallest absolute Gasteiger partial charge is 0.336 e. The number of hydrogen-bond acceptors (Lipinski definition) is 27. The lowest BCUT2D eigenvalue weighted by Crippen LogP contribution is -2.66. The molecule has 6 aromatic carbocycles. The molecule has 116 heavy (non-hydrogen) atoms. The standard InChI is InChI=1S/C80H89Cl3N6O27/c1-7-36(18-33(2)3)73(102)88-64-51(94)22-41(25-59(84)96)74(103)86-62-40-23-55(112-53-16-11-38(66(64)97)20-47(53)82)70(116-79-71(69(100)68(99)58(31-90)114-79)115-60-29-80(5,72(101)34(4)111-60)85-30-57(78(108)109-6)110-32-35-8-13-42(81)14-9-35)56(24-40)113-54-17-12-39(21-48(54)83)67(98)65-76(105)87-63(77(106)107)46-26-43(91)27-50(93)61(46)45-19-37(10-15-49(45)92)44(28-52(62)95)75(104)89-65/h8-17,19-21,23-24,26-27,33-34,36,41,44,57-58,60,62-69,71-72,79,85,90-93,97-101H,7,18,22,25,28-32H2,1-6H3,(H2,84,96)(H,86,103)(H,87,105)(H,88,102)(H,89,104)(H,106,107)/t34?,36-,41?,44?,57?,58?,60?,62?,63?,64-,65+,66?,67-,68?,69?,71?,72?,79?,80?/m1/s1. The maximum Gasteiger partial charge on any atom is 0.336 e. The van der Waals surface area contributed by atoms with Crippen molar-refractivity contribution in [2.75, 3.05) is 20.3 Å². The third kappa shape index (κ3) is 19.4. The van der Waals surface area contributed by atoms with E-state index in [2.05, 4.69) is 26.6 Å². The lowest BCUT2D eigenvalue weighted by Gasteiger charge is -2.48. The largest absolute Gasteiger partial charge is 0.508 e. The van der Waals surface area contributed by atoms with E-state index in [1.165, 1.54) is 25.1 Å². The number of phenols is 3. The molecule has 15 unspecified atom stereocenters. The number of carboxylic acid groups (broad SMARTS) is 1. The predicted octanol–water partition coefficient (Wildman–Crippen LogP) is 5.56. The number of fused-ring (bicyclic) bond motifs is 15. The van der Waals surface area contributed by atoms with Gasteiger partial charge in [0.1, 0.15) is 77.4 Å². The highest BCUT2D eigenvalue weighted by Gasteiger charge is 2.53. The molecule has 6 aromatic rings. The van der Waals surface area contributed by atoms with Gasteiger partial charge < -0.3 is 121 Å². The van der Waals surface area contributed by atoms with Crippen LogP contribution in [0.15, 0.2) is 103 Å². The minimum Gasteiger partial charge on any atom is -0.508 e. The first-order valence-electron chi connectivity index (χ1n) is 37.1. The van der Waals surface area contributed by atoms with E-state index in [0.29, 0.717) is 17.0 Å². The van der Waals surface area contributed by atoms with Crippen LogP contribution in [0.3, 0.4) is 0 Å². The number of aliphatic hydroxyl groups is 6. The Morgan fingerprint density at radius 3 is 1.97 bits per heavy atom. The first-order chi connectivity index (χ1) is 55.0. The van der Waals surface area contributed by atoms with Crippen LogP contribution in [0.5, 0.6) is 46.0 Å². The van der Waals surface area contributed by atoms with Crippen LogP contribution in [-0.4, -0.2) is 197 Å². The molecule has 0 spiro atoms. The van der Waals surface area contributed by atoms with Gasteiger partial charge in [-0.05, 0) is 127 Å². The number of hydrogen-bond donors (Lipinski definition) is 16. The average Bonchev–Trinajstić information content (AvgIpc) is 0.763. The van der Waals surface area contributed by atoms with E-state index in [1.807, 2.05) is 13.8 Å². The molecule has 7 aliphatic heterocycles. The molecule has 7 heterocycles. The fraction of sp³-hybridized carbons (Fsp3) is 0.438. The van der Waals surface area contributed by atoms with Gasteiger partial charge in [0.2, 0.25) is 41.6 Å². The first kappa shape index (κ1) is 87.0. The van der Waals surface area contributed by atoms with Crippen molar-refractivity contribution in [2.24, 2.45) is 23.5 Å². The molecule has 11 bridgehead atoms. The van der Waals surface area contributed by atoms with Gasteiger partial charge >= 0.3 is 11.9 Å². The number of amides is 5. The number of aromatic hydroxyl groups is 3. The number of methoxy groups -OCH3 is 1. The summed E-state index contributed by atoms with van der Waals surface area (Å²) in [5.41, 5.74) is 2.48. The minimum atomic E-state index is -2.27. The molecule has 13 rings (SSSR count). The molecule has 2 fully saturated rings. The Kier molecular flexibility index (Phi) is 27.6. The van der Waals surface area contributed by atoms with Crippen LogP contribution >= 0.6 is 34.8 Å². The summed E-state index contributed by atoms with van der Waals surface area (Å²) in [5.74, 6) is -20.2. The van der Waals surface area contributed by atoms with Crippen LogP contribution in [0.4, 0.5) is 0 Å². The molecular formula is C80H89Cl3N6O27. The normalized spacial score (nSPS) is 27.5. The van der Waals surface area contributed by atoms with Gasteiger partial charge in [-0.1, -0.05) is 85.9 Å². The number of carboxylic acids is 1. The summed E-state index contributed by atoms with van der Waals surface area (Å²) < 4.78 is 50.4. The number of carbonyl (C=O) groups is 9. The number of rotatable bonds is 20. The molecule has 17 N–H and O–H groups in total. The summed E-state index contributed by atoms with van der Waals surface area (Å²) in [7, 11) is 1.16. The minimum absolute atomic E-state index is 0.0353. The van der Waals surface area contributed by atoms with E-state index >= 15 is 19.2 Å². The third-order valence-corrected chi connectivity index (χ3v) is 21.9. The second-order valence-electron chi connectivity index (χ2n) is 29.8. The number of ketones is 2. The zero-order valence-corrected chi connectivity index (χ0v) is 65.5. The van der Waals surface area contributed by atoms with Gasteiger partial charge in [-0.3, -0.25) is 33.6 Å². The van der Waals surface area contributed by atoms with Crippen molar-refractivity contribution in [2.45, 2.75) is 183 Å². The molecule has 0 saturated carbocycles. The van der Waals surface area contributed by atoms with Crippen molar-refractivity contribution in [1.29, 1.82) is 0 Å². The Balaban J connectivity index is 1.11. The van der Waals surface area contributed by atoms with Crippen molar-refractivity contribution < 1.29 is 132 Å². The second kappa shape index (κ2) is 36.8. The Morgan fingerprint density at radius 1 is 0.724 bits per heavy atom. The SMILES string of the molecule is CC[C@H](CC(C)C)C(=O)N[C@@H]1C(=O)CC(CC(N)=O)C(=O)NC2C(=O)CC3C(=O)N[C@H](C(=O)NC(C(=O)O)c4cc(O)cc(O)c4-c4cc3ccc4O)[C@H](O)c3ccc(c(Cl)c3)Oc3cc2cc(c3OC2OC(CO)C(O)C(O)C2OC2CC(C)(NCC(OCc3ccc(Cl)cc3)C(=O)OC)C(O)C(C)O2)Oc2ccc(cc2Cl)C1O. The fourth-order valence-electron chi connectivity index (χ4n) is 14.8. The lowest BCUT2D eigenvalue weighted by atomic mass is 9.84. The molecule has 622 valence electrons. The van der Waals surface area contributed by atoms with Gasteiger partial charge in [0.15, 0.2) is 47.6 Å². The number of carbonyl (C=O) groups excluding carboxylic acids is 8. The monoisotopic (exact) mass is 1670 g/mol. The number of Topliss-reactive ketones (excluding diaryl/α,β-unsaturated/α-hetero) is 2. The Bertz CT molecular complexity index is 4730. The van der Waals surface area contributed by atoms with Gasteiger partial charge in [-0.2, -0.15) is 0 Å². The lowest BCUT2D eigenvalue weighted by molar-refractivity contribution is -0.334. The number of aliphatic carboxylic acids is 1. The summed E-state index contributed by atoms with van der Waals surface area (Å²) in [6.45, 7) is 7.19. The number of nitrogens with one attached hydrogen (secondary N) is 5. The van der Waals surface area contributed by atoms with Gasteiger partial charge in [-0.25, -0.2) is 9.59 Å². The van der Waals surface area contributed by atoms with Crippen molar-refractivity contribution >= 4 is 87.8 Å². The molecule has 0 aliphatic carbocycles. The van der Waals surface area contributed by atoms with E-state index in [9.17, 15) is 75.0 Å². The predicted molar refractivity (Wildman–Crippen MR) is 409 cm³/mol. The topological polar surface area (TPSA) is 516 Å². The highest BCUT2D eigenvalue weighted by Crippen LogP contribution is 2.51. The molecule has 0 aromatic heterocycles. The van der Waals surface area contributed by atoms with Gasteiger partial charge in [0.05, 0.1) is 54.4 Å². The number of nitrogens with two attached hydrogens (primary N) is 1. The van der Waals surface area contributed by atoms with Gasteiger partial charge in [0.25, 0.3) is 0 Å². The Morgan fingerprint density at radius 2 is 1.37 bits per heavy atom. The van der Waals surface area contributed by atoms with Crippen molar-refractivity contribution in [3.63, 3.8) is 0 Å². The molecule has 2 saturated heterocycles. The number of primary amides is 1. The average molecular weight is 1670 g/mol. The summed E-state index contributed by atoms with van der Waals surface area (Å²) in [4.78, 5) is 132. The summed E-state index contributed by atoms with van der Waals surface area (Å²) >= 11 is 20.4. The molecule has 7 aliphatic rings. The van der Waals surface area contributed by atoms with E-state index in [4.69, 9.17) is 78.4 Å². The van der Waals surface area contributed by atoms with Crippen LogP contribution < -0.4 is 46.5 Å². The van der Waals surface area contributed by atoms with Crippen LogP contribution in [0.1, 0.15) is 137 Å². The highest BCUT2D eigenvalue weighted by molar-refractivity contribution is 6.32. The second-order valence-corrected chi connectivity index (χ2v) is 31.1. The maximum atomic E-state index is 16.3. The summed E-state index contributed by atoms with van der Waals surface area (Å²) in [6.07, 6.45) is -22.2. The zero-order valence-electron chi connectivity index (χ0n) is 63.3. The Hall–Kier alpha value is -9.82. The Labute approximate surface area is 678 Å². The summed E-state index contributed by atoms with van der Waals surface area (Å²) in [6, 6.07) is 12.0. The molecule has 0 radical (unpaired) electrons. The van der Waals surface area contributed by atoms with E-state index in [1.54, 1.807) is 38.1 Å². The summed E-state index contributed by atoms with van der Waals surface area (Å²) in [5, 5.41) is 129. The number of halogens is 3. The van der Waals surface area contributed by atoms with E-state index in [0.717, 1.165) is 67.8 Å². The van der Waals surface area contributed by atoms with E-state index in [-0.39, 0.29) is 59.4 Å².